The number of ether oxygens (including phenoxy) is 3. The summed E-state index contributed by atoms with van der Waals surface area (Å²) in [5.41, 5.74) is 3.31. The molecular weight excluding hydrogens is 284 g/mol. The molecule has 5 heteroatoms. The van der Waals surface area contributed by atoms with Crippen LogP contribution in [-0.2, 0) is 23.8 Å². The molecule has 2 atom stereocenters. The van der Waals surface area contributed by atoms with Gasteiger partial charge in [0.05, 0.1) is 25.7 Å². The van der Waals surface area contributed by atoms with Crippen LogP contribution in [0.25, 0.3) is 6.08 Å². The van der Waals surface area contributed by atoms with Crippen molar-refractivity contribution in [2.75, 3.05) is 14.2 Å². The fourth-order valence-electron chi connectivity index (χ4n) is 2.92. The fourth-order valence-corrected chi connectivity index (χ4v) is 2.92. The van der Waals surface area contributed by atoms with Crippen molar-refractivity contribution in [3.63, 3.8) is 0 Å². The lowest BCUT2D eigenvalue weighted by molar-refractivity contribution is -0.142. The van der Waals surface area contributed by atoms with E-state index in [2.05, 4.69) is 0 Å². The molecule has 0 radical (unpaired) electrons. The van der Waals surface area contributed by atoms with Crippen molar-refractivity contribution in [3.8, 4) is 0 Å². The number of carbonyl (C=O) groups is 2. The molecule has 0 N–H and O–H groups in total. The van der Waals surface area contributed by atoms with Crippen LogP contribution in [0.5, 0.6) is 0 Å². The Bertz CT molecular complexity index is 714. The topological polar surface area (TPSA) is 61.8 Å². The van der Waals surface area contributed by atoms with Gasteiger partial charge in [-0.3, -0.25) is 0 Å². The van der Waals surface area contributed by atoms with Crippen molar-refractivity contribution in [3.05, 3.63) is 52.3 Å². The number of hydrogen-bond donors (Lipinski definition) is 0. The minimum atomic E-state index is -0.670. The first-order valence-corrected chi connectivity index (χ1v) is 6.93. The van der Waals surface area contributed by atoms with E-state index in [1.807, 2.05) is 37.3 Å². The van der Waals surface area contributed by atoms with Crippen molar-refractivity contribution in [2.45, 2.75) is 13.0 Å². The van der Waals surface area contributed by atoms with Gasteiger partial charge in [-0.2, -0.15) is 0 Å². The fraction of sp³-hybridized carbons (Fsp3) is 0.294. The lowest BCUT2D eigenvalue weighted by Gasteiger charge is -2.24. The van der Waals surface area contributed by atoms with Gasteiger partial charge in [-0.25, -0.2) is 9.59 Å². The molecule has 1 aromatic carbocycles. The van der Waals surface area contributed by atoms with Gasteiger partial charge in [-0.15, -0.1) is 0 Å². The van der Waals surface area contributed by atoms with Crippen LogP contribution in [0.2, 0.25) is 0 Å². The molecule has 0 amide bonds. The quantitative estimate of drug-likeness (QED) is 0.784. The lowest BCUT2D eigenvalue weighted by Crippen LogP contribution is -2.18. The van der Waals surface area contributed by atoms with Gasteiger partial charge in [0.15, 0.2) is 0 Å². The molecule has 2 aliphatic rings. The number of rotatable bonds is 2. The third-order valence-electron chi connectivity index (χ3n) is 3.96. The van der Waals surface area contributed by atoms with Gasteiger partial charge >= 0.3 is 11.9 Å². The maximum atomic E-state index is 12.1. The van der Waals surface area contributed by atoms with Gasteiger partial charge in [-0.1, -0.05) is 35.9 Å². The van der Waals surface area contributed by atoms with Gasteiger partial charge < -0.3 is 14.2 Å². The molecule has 5 nitrogen and oxygen atoms in total. The first-order valence-electron chi connectivity index (χ1n) is 6.93. The molecule has 0 spiro atoms. The SMILES string of the molecule is COC(=O)C1=C(C(=O)OC)[C@H]2C=Cc3cc(C)ccc3[C@H]2O1. The molecule has 1 aromatic rings. The molecule has 0 aromatic heterocycles. The first kappa shape index (κ1) is 14.4. The van der Waals surface area contributed by atoms with Crippen molar-refractivity contribution in [1.82, 2.24) is 0 Å². The Kier molecular flexibility index (Phi) is 3.48. The van der Waals surface area contributed by atoms with Crippen LogP contribution in [0.3, 0.4) is 0 Å². The van der Waals surface area contributed by atoms with Crippen LogP contribution in [0.4, 0.5) is 0 Å². The molecule has 0 unspecified atom stereocenters. The predicted molar refractivity (Wildman–Crippen MR) is 78.6 cm³/mol. The average Bonchev–Trinajstić information content (AvgIpc) is 2.92. The summed E-state index contributed by atoms with van der Waals surface area (Å²) in [6.07, 6.45) is 3.40. The molecule has 3 rings (SSSR count). The van der Waals surface area contributed by atoms with Crippen LogP contribution in [0.15, 0.2) is 35.6 Å². The van der Waals surface area contributed by atoms with Crippen LogP contribution in [-0.4, -0.2) is 26.2 Å². The normalized spacial score (nSPS) is 21.8. The van der Waals surface area contributed by atoms with Gasteiger partial charge in [0, 0.05) is 5.56 Å². The van der Waals surface area contributed by atoms with E-state index in [1.54, 1.807) is 0 Å². The Labute approximate surface area is 128 Å². The van der Waals surface area contributed by atoms with Crippen LogP contribution in [0, 0.1) is 12.8 Å². The summed E-state index contributed by atoms with van der Waals surface area (Å²) in [7, 11) is 2.53. The highest BCUT2D eigenvalue weighted by atomic mass is 16.6. The Hall–Kier alpha value is -2.56. The van der Waals surface area contributed by atoms with E-state index in [9.17, 15) is 9.59 Å². The zero-order valence-electron chi connectivity index (χ0n) is 12.6. The van der Waals surface area contributed by atoms with E-state index in [1.165, 1.54) is 14.2 Å². The zero-order valence-corrected chi connectivity index (χ0v) is 12.6. The number of aryl methyl sites for hydroxylation is 1. The number of carbonyl (C=O) groups excluding carboxylic acids is 2. The number of methoxy groups -OCH3 is 2. The minimum absolute atomic E-state index is 0.0672. The van der Waals surface area contributed by atoms with Crippen molar-refractivity contribution in [2.24, 2.45) is 5.92 Å². The maximum absolute atomic E-state index is 12.1. The van der Waals surface area contributed by atoms with Crippen LogP contribution in [0.1, 0.15) is 22.8 Å². The minimum Gasteiger partial charge on any atom is -0.477 e. The van der Waals surface area contributed by atoms with E-state index < -0.39 is 18.0 Å². The molecule has 0 fully saturated rings. The molecule has 0 bridgehead atoms. The summed E-state index contributed by atoms with van der Waals surface area (Å²) in [5.74, 6) is -1.66. The van der Waals surface area contributed by atoms with Gasteiger partial charge in [0.25, 0.3) is 0 Å². The van der Waals surface area contributed by atoms with E-state index in [-0.39, 0.29) is 17.3 Å². The summed E-state index contributed by atoms with van der Waals surface area (Å²) >= 11 is 0. The summed E-state index contributed by atoms with van der Waals surface area (Å²) in [6.45, 7) is 2.01. The van der Waals surface area contributed by atoms with Crippen molar-refractivity contribution >= 4 is 18.0 Å². The van der Waals surface area contributed by atoms with E-state index in [0.29, 0.717) is 0 Å². The van der Waals surface area contributed by atoms with Crippen molar-refractivity contribution in [1.29, 1.82) is 0 Å². The van der Waals surface area contributed by atoms with E-state index in [4.69, 9.17) is 14.2 Å². The molecule has 0 saturated heterocycles. The third kappa shape index (κ3) is 2.09. The molecule has 1 aliphatic heterocycles. The molecular formula is C17H16O5. The van der Waals surface area contributed by atoms with Gasteiger partial charge in [0.1, 0.15) is 6.10 Å². The second kappa shape index (κ2) is 5.33. The smallest absolute Gasteiger partial charge is 0.373 e. The Morgan fingerprint density at radius 2 is 1.86 bits per heavy atom. The lowest BCUT2D eigenvalue weighted by atomic mass is 9.83. The molecule has 22 heavy (non-hydrogen) atoms. The Morgan fingerprint density at radius 3 is 2.55 bits per heavy atom. The first-order chi connectivity index (χ1) is 10.6. The highest BCUT2D eigenvalue weighted by Gasteiger charge is 2.45. The van der Waals surface area contributed by atoms with Crippen molar-refractivity contribution < 1.29 is 23.8 Å². The molecule has 0 saturated carbocycles. The van der Waals surface area contributed by atoms with Crippen LogP contribution >= 0.6 is 0 Å². The number of fused-ring (bicyclic) bond motifs is 3. The molecule has 114 valence electrons. The molecule has 1 heterocycles. The average molecular weight is 300 g/mol. The Morgan fingerprint density at radius 1 is 1.14 bits per heavy atom. The summed E-state index contributed by atoms with van der Waals surface area (Å²) < 4.78 is 15.3. The summed E-state index contributed by atoms with van der Waals surface area (Å²) in [5, 5.41) is 0. The van der Waals surface area contributed by atoms with E-state index >= 15 is 0 Å². The zero-order chi connectivity index (χ0) is 15.9. The van der Waals surface area contributed by atoms with Gasteiger partial charge in [0.2, 0.25) is 5.76 Å². The van der Waals surface area contributed by atoms with Crippen LogP contribution < -0.4 is 0 Å². The standard InChI is InChI=1S/C17H16O5/c1-9-4-6-11-10(8-9)5-7-12-13(16(18)20-2)15(17(19)21-3)22-14(11)12/h4-8,12,14H,1-3H3/t12-,14-/m1/s1. The second-order valence-corrected chi connectivity index (χ2v) is 5.28. The monoisotopic (exact) mass is 300 g/mol. The highest BCUT2D eigenvalue weighted by Crippen LogP contribution is 2.47. The second-order valence-electron chi connectivity index (χ2n) is 5.28. The highest BCUT2D eigenvalue weighted by molar-refractivity contribution is 6.01. The third-order valence-corrected chi connectivity index (χ3v) is 3.96. The number of hydrogen-bond acceptors (Lipinski definition) is 5. The number of benzene rings is 1. The largest absolute Gasteiger partial charge is 0.477 e. The predicted octanol–water partition coefficient (Wildman–Crippen LogP) is 2.31. The van der Waals surface area contributed by atoms with Gasteiger partial charge in [-0.05, 0) is 12.5 Å². The summed E-state index contributed by atoms with van der Waals surface area (Å²) in [4.78, 5) is 24.0. The number of esters is 2. The maximum Gasteiger partial charge on any atom is 0.373 e. The molecule has 1 aliphatic carbocycles. The Balaban J connectivity index is 2.08. The summed E-state index contributed by atoms with van der Waals surface area (Å²) in [6, 6.07) is 5.98. The van der Waals surface area contributed by atoms with E-state index in [0.717, 1.165) is 16.7 Å².